The van der Waals surface area contributed by atoms with E-state index in [-0.39, 0.29) is 42.7 Å². The van der Waals surface area contributed by atoms with Gasteiger partial charge in [-0.2, -0.15) is 0 Å². The van der Waals surface area contributed by atoms with Crippen LogP contribution < -0.4 is 11.1 Å². The van der Waals surface area contributed by atoms with Crippen molar-refractivity contribution < 1.29 is 19.4 Å². The number of aromatic nitrogens is 4. The SMILES string of the molecule is CC(C)Cc1nc(Br)c(-c2ccccc2)n(CC(=O)OCc2ccccc2)c1=O.CC(C)Cc1ncc(-c2ccccc2)n(CC(=O)O)c1=O. The second-order valence-corrected chi connectivity index (χ2v) is 13.3. The molecule has 50 heavy (non-hydrogen) atoms. The molecular weight excluding hydrogens is 700 g/mol. The number of hydrogen-bond acceptors (Lipinski definition) is 7. The van der Waals surface area contributed by atoms with Crippen molar-refractivity contribution in [2.24, 2.45) is 11.8 Å². The van der Waals surface area contributed by atoms with Crippen LogP contribution in [0.25, 0.3) is 22.5 Å². The van der Waals surface area contributed by atoms with Crippen molar-refractivity contribution in [1.82, 2.24) is 19.1 Å². The monoisotopic (exact) mass is 740 g/mol. The van der Waals surface area contributed by atoms with Crippen LogP contribution >= 0.6 is 15.9 Å². The van der Waals surface area contributed by atoms with Crippen LogP contribution in [0, 0.1) is 11.8 Å². The highest BCUT2D eigenvalue weighted by molar-refractivity contribution is 9.10. The lowest BCUT2D eigenvalue weighted by molar-refractivity contribution is -0.145. The second-order valence-electron chi connectivity index (χ2n) is 12.5. The molecule has 0 unspecified atom stereocenters. The minimum Gasteiger partial charge on any atom is -0.480 e. The number of carbonyl (C=O) groups is 2. The summed E-state index contributed by atoms with van der Waals surface area (Å²) in [5.74, 6) is -0.966. The lowest BCUT2D eigenvalue weighted by atomic mass is 10.1. The summed E-state index contributed by atoms with van der Waals surface area (Å²) in [6.45, 7) is 7.66. The van der Waals surface area contributed by atoms with Crippen LogP contribution in [0.5, 0.6) is 0 Å². The summed E-state index contributed by atoms with van der Waals surface area (Å²) in [6.07, 6.45) is 2.65. The van der Waals surface area contributed by atoms with Gasteiger partial charge < -0.3 is 9.84 Å². The normalized spacial score (nSPS) is 10.9. The van der Waals surface area contributed by atoms with E-state index >= 15 is 0 Å². The van der Waals surface area contributed by atoms with E-state index in [2.05, 4.69) is 25.9 Å². The average Bonchev–Trinajstić information content (AvgIpc) is 3.09. The van der Waals surface area contributed by atoms with Gasteiger partial charge in [-0.15, -0.1) is 0 Å². The number of hydrogen-bond donors (Lipinski definition) is 1. The Morgan fingerprint density at radius 1 is 0.740 bits per heavy atom. The minimum absolute atomic E-state index is 0.167. The van der Waals surface area contributed by atoms with Crippen molar-refractivity contribution in [3.63, 3.8) is 0 Å². The van der Waals surface area contributed by atoms with E-state index in [0.29, 0.717) is 40.2 Å². The standard InChI is InChI=1S/C23H23BrN2O3.C16H18N2O3/c1-16(2)13-19-23(28)26(14-20(27)29-15-17-9-5-3-6-10-17)21(22(24)25-19)18-11-7-4-8-12-18;1-11(2)8-13-16(21)18(10-15(19)20)14(9-17-13)12-6-4-3-5-7-12/h3-12,16H,13-15H2,1-2H3;3-7,9,11H,8,10H2,1-2H3,(H,19,20). The molecule has 1 N–H and O–H groups in total. The molecule has 2 aromatic heterocycles. The zero-order valence-corrected chi connectivity index (χ0v) is 30.2. The van der Waals surface area contributed by atoms with Crippen molar-refractivity contribution >= 4 is 27.9 Å². The van der Waals surface area contributed by atoms with Gasteiger partial charge in [0.2, 0.25) is 0 Å². The number of aliphatic carboxylic acids is 1. The summed E-state index contributed by atoms with van der Waals surface area (Å²) in [5.41, 5.74) is 3.82. The van der Waals surface area contributed by atoms with Crippen LogP contribution in [0.3, 0.4) is 0 Å². The first kappa shape index (κ1) is 37.7. The van der Waals surface area contributed by atoms with Gasteiger partial charge in [0.1, 0.15) is 35.7 Å². The van der Waals surface area contributed by atoms with Crippen molar-refractivity contribution in [2.75, 3.05) is 0 Å². The summed E-state index contributed by atoms with van der Waals surface area (Å²) in [4.78, 5) is 57.9. The Kier molecular flexibility index (Phi) is 13.6. The Labute approximate surface area is 299 Å². The molecule has 5 rings (SSSR count). The molecule has 0 saturated heterocycles. The van der Waals surface area contributed by atoms with E-state index in [9.17, 15) is 19.2 Å². The lowest BCUT2D eigenvalue weighted by Crippen LogP contribution is -2.31. The molecule has 3 aromatic carbocycles. The molecule has 260 valence electrons. The third-order valence-electron chi connectivity index (χ3n) is 7.46. The topological polar surface area (TPSA) is 133 Å². The summed E-state index contributed by atoms with van der Waals surface area (Å²) in [5, 5.41) is 9.06. The van der Waals surface area contributed by atoms with Gasteiger partial charge in [-0.25, -0.2) is 4.98 Å². The molecule has 0 aliphatic carbocycles. The van der Waals surface area contributed by atoms with E-state index in [1.165, 1.54) is 9.13 Å². The number of esters is 1. The molecule has 0 aliphatic heterocycles. The smallest absolute Gasteiger partial charge is 0.326 e. The quantitative estimate of drug-likeness (QED) is 0.138. The molecule has 0 saturated carbocycles. The van der Waals surface area contributed by atoms with Gasteiger partial charge in [0, 0.05) is 5.56 Å². The predicted octanol–water partition coefficient (Wildman–Crippen LogP) is 6.81. The van der Waals surface area contributed by atoms with Crippen LogP contribution in [0.1, 0.15) is 44.6 Å². The maximum absolute atomic E-state index is 13.1. The molecule has 0 radical (unpaired) electrons. The fraction of sp³-hybridized carbons (Fsp3) is 0.282. The van der Waals surface area contributed by atoms with Crippen LogP contribution in [0.4, 0.5) is 0 Å². The van der Waals surface area contributed by atoms with Crippen LogP contribution in [-0.2, 0) is 46.9 Å². The highest BCUT2D eigenvalue weighted by atomic mass is 79.9. The Balaban J connectivity index is 0.000000237. The first-order valence-electron chi connectivity index (χ1n) is 16.3. The molecule has 10 nitrogen and oxygen atoms in total. The zero-order chi connectivity index (χ0) is 36.2. The molecule has 11 heteroatoms. The van der Waals surface area contributed by atoms with Gasteiger partial charge in [-0.1, -0.05) is 119 Å². The fourth-order valence-corrected chi connectivity index (χ4v) is 5.89. The van der Waals surface area contributed by atoms with Gasteiger partial charge >= 0.3 is 11.9 Å². The predicted molar refractivity (Wildman–Crippen MR) is 197 cm³/mol. The summed E-state index contributed by atoms with van der Waals surface area (Å²) >= 11 is 3.50. The van der Waals surface area contributed by atoms with E-state index in [0.717, 1.165) is 16.7 Å². The molecule has 2 heterocycles. The van der Waals surface area contributed by atoms with Gasteiger partial charge in [-0.05, 0) is 51.7 Å². The number of nitrogens with zero attached hydrogens (tertiary/aromatic N) is 4. The number of carboxylic acid groups (broad SMARTS) is 1. The largest absolute Gasteiger partial charge is 0.480 e. The van der Waals surface area contributed by atoms with E-state index in [1.807, 2.05) is 119 Å². The number of carboxylic acids is 1. The third kappa shape index (κ3) is 10.4. The molecular formula is C39H41BrN4O6. The Bertz CT molecular complexity index is 2010. The molecule has 0 atom stereocenters. The van der Waals surface area contributed by atoms with E-state index in [1.54, 1.807) is 6.20 Å². The molecule has 0 spiro atoms. The molecule has 5 aromatic rings. The van der Waals surface area contributed by atoms with Gasteiger partial charge in [0.15, 0.2) is 0 Å². The Hall–Kier alpha value is -5.16. The average molecular weight is 742 g/mol. The number of benzene rings is 3. The first-order valence-corrected chi connectivity index (χ1v) is 17.1. The lowest BCUT2D eigenvalue weighted by Gasteiger charge is -2.16. The maximum atomic E-state index is 13.1. The number of halogens is 1. The highest BCUT2D eigenvalue weighted by Crippen LogP contribution is 2.26. The number of rotatable bonds is 12. The summed E-state index contributed by atoms with van der Waals surface area (Å²) in [6, 6.07) is 28.1. The fourth-order valence-electron chi connectivity index (χ4n) is 5.23. The molecule has 0 fully saturated rings. The number of carbonyl (C=O) groups excluding carboxylic acids is 1. The summed E-state index contributed by atoms with van der Waals surface area (Å²) < 4.78 is 8.68. The van der Waals surface area contributed by atoms with Gasteiger partial charge in [0.25, 0.3) is 11.1 Å². The van der Waals surface area contributed by atoms with Gasteiger partial charge in [0.05, 0.1) is 17.6 Å². The van der Waals surface area contributed by atoms with Crippen LogP contribution in [0.15, 0.2) is 111 Å². The highest BCUT2D eigenvalue weighted by Gasteiger charge is 2.20. The van der Waals surface area contributed by atoms with Crippen molar-refractivity contribution in [3.8, 4) is 22.5 Å². The summed E-state index contributed by atoms with van der Waals surface area (Å²) in [7, 11) is 0. The van der Waals surface area contributed by atoms with Gasteiger partial charge in [-0.3, -0.25) is 33.3 Å². The number of ether oxygens (including phenoxy) is 1. The maximum Gasteiger partial charge on any atom is 0.326 e. The second kappa shape index (κ2) is 18.0. The van der Waals surface area contributed by atoms with Crippen LogP contribution in [-0.4, -0.2) is 36.1 Å². The van der Waals surface area contributed by atoms with E-state index < -0.39 is 11.9 Å². The third-order valence-corrected chi connectivity index (χ3v) is 8.01. The Morgan fingerprint density at radius 2 is 1.26 bits per heavy atom. The molecule has 0 amide bonds. The molecule has 0 bridgehead atoms. The van der Waals surface area contributed by atoms with Crippen molar-refractivity contribution in [3.05, 3.63) is 139 Å². The van der Waals surface area contributed by atoms with Crippen LogP contribution in [0.2, 0.25) is 0 Å². The zero-order valence-electron chi connectivity index (χ0n) is 28.6. The first-order chi connectivity index (χ1) is 23.9. The van der Waals surface area contributed by atoms with E-state index in [4.69, 9.17) is 9.84 Å². The van der Waals surface area contributed by atoms with Crippen molar-refractivity contribution in [1.29, 1.82) is 0 Å². The van der Waals surface area contributed by atoms with Crippen molar-refractivity contribution in [2.45, 2.75) is 60.2 Å². The minimum atomic E-state index is -1.05. The Morgan fingerprint density at radius 3 is 1.82 bits per heavy atom. The molecule has 0 aliphatic rings.